The molecule has 2 N–H and O–H groups in total. The monoisotopic (exact) mass is 420 g/mol. The minimum Gasteiger partial charge on any atom is -0.348 e. The molecular weight excluding hydrogens is 394 g/mol. The molecule has 1 aromatic heterocycles. The first kappa shape index (κ1) is 20.1. The Labute approximate surface area is 164 Å². The van der Waals surface area contributed by atoms with Crippen LogP contribution in [0.1, 0.15) is 32.6 Å². The van der Waals surface area contributed by atoms with Crippen LogP contribution in [0.5, 0.6) is 0 Å². The van der Waals surface area contributed by atoms with E-state index in [9.17, 15) is 13.2 Å². The van der Waals surface area contributed by atoms with E-state index in [1.807, 2.05) is 0 Å². The number of hydrogen-bond donors (Lipinski definition) is 2. The standard InChI is InChI=1S/C17H26ClN3O3S2/c1-13-4-2-3-5-14(13)19-16(22)12-20-8-10-21(11-9-20)26(23,24)17-7-6-15(18)25-17/h6-7,13-14H,2-5,8-12H2,1H3,(H,19,22)/p+1/t13-,14+/m1/s1. The lowest BCUT2D eigenvalue weighted by Crippen LogP contribution is -3.15. The molecule has 0 bridgehead atoms. The van der Waals surface area contributed by atoms with Crippen molar-refractivity contribution < 1.29 is 18.1 Å². The molecule has 0 radical (unpaired) electrons. The fourth-order valence-electron chi connectivity index (χ4n) is 3.80. The predicted octanol–water partition coefficient (Wildman–Crippen LogP) is 0.986. The zero-order valence-corrected chi connectivity index (χ0v) is 17.4. The first-order valence-corrected chi connectivity index (χ1v) is 11.9. The molecule has 2 atom stereocenters. The molecule has 1 saturated carbocycles. The van der Waals surface area contributed by atoms with E-state index < -0.39 is 10.0 Å². The minimum absolute atomic E-state index is 0.0834. The lowest BCUT2D eigenvalue weighted by Gasteiger charge is -2.32. The minimum atomic E-state index is -3.47. The van der Waals surface area contributed by atoms with Crippen molar-refractivity contribution in [1.29, 1.82) is 0 Å². The molecule has 1 aromatic rings. The van der Waals surface area contributed by atoms with E-state index in [0.717, 1.165) is 22.7 Å². The molecule has 6 nitrogen and oxygen atoms in total. The smallest absolute Gasteiger partial charge is 0.275 e. The van der Waals surface area contributed by atoms with Crippen molar-refractivity contribution in [3.05, 3.63) is 16.5 Å². The van der Waals surface area contributed by atoms with Crippen LogP contribution in [-0.2, 0) is 14.8 Å². The number of piperazine rings is 1. The van der Waals surface area contributed by atoms with Gasteiger partial charge in [0.25, 0.3) is 15.9 Å². The number of thiophene rings is 1. The summed E-state index contributed by atoms with van der Waals surface area (Å²) in [5.41, 5.74) is 0. The summed E-state index contributed by atoms with van der Waals surface area (Å²) in [6.07, 6.45) is 4.69. The second kappa shape index (κ2) is 8.56. The van der Waals surface area contributed by atoms with Gasteiger partial charge in [-0.15, -0.1) is 11.3 Å². The molecule has 1 aliphatic carbocycles. The molecule has 0 unspecified atom stereocenters. The fraction of sp³-hybridized carbons (Fsp3) is 0.706. The van der Waals surface area contributed by atoms with Gasteiger partial charge >= 0.3 is 0 Å². The molecule has 2 aliphatic rings. The molecule has 3 rings (SSSR count). The summed E-state index contributed by atoms with van der Waals surface area (Å²) in [6, 6.07) is 3.46. The summed E-state index contributed by atoms with van der Waals surface area (Å²) in [5.74, 6) is 0.627. The van der Waals surface area contributed by atoms with Crippen molar-refractivity contribution in [1.82, 2.24) is 9.62 Å². The number of rotatable bonds is 5. The van der Waals surface area contributed by atoms with Gasteiger partial charge < -0.3 is 10.2 Å². The molecule has 146 valence electrons. The molecule has 2 fully saturated rings. The maximum Gasteiger partial charge on any atom is 0.275 e. The quantitative estimate of drug-likeness (QED) is 0.746. The largest absolute Gasteiger partial charge is 0.348 e. The van der Waals surface area contributed by atoms with Crippen molar-refractivity contribution in [2.24, 2.45) is 5.92 Å². The zero-order valence-electron chi connectivity index (χ0n) is 15.0. The summed E-state index contributed by atoms with van der Waals surface area (Å²) >= 11 is 6.95. The van der Waals surface area contributed by atoms with Gasteiger partial charge in [-0.25, -0.2) is 8.42 Å². The highest BCUT2D eigenvalue weighted by atomic mass is 35.5. The highest BCUT2D eigenvalue weighted by molar-refractivity contribution is 7.91. The second-order valence-electron chi connectivity index (χ2n) is 7.33. The van der Waals surface area contributed by atoms with Crippen molar-refractivity contribution in [2.45, 2.75) is 42.9 Å². The van der Waals surface area contributed by atoms with Crippen LogP contribution in [0.3, 0.4) is 0 Å². The number of quaternary nitrogens is 1. The Bertz CT molecular complexity index is 729. The van der Waals surface area contributed by atoms with Gasteiger partial charge in [0.05, 0.1) is 30.5 Å². The van der Waals surface area contributed by atoms with Crippen molar-refractivity contribution >= 4 is 38.9 Å². The van der Waals surface area contributed by atoms with E-state index in [2.05, 4.69) is 12.2 Å². The van der Waals surface area contributed by atoms with Gasteiger partial charge in [0, 0.05) is 6.04 Å². The van der Waals surface area contributed by atoms with Gasteiger partial charge in [-0.1, -0.05) is 31.4 Å². The number of nitrogens with one attached hydrogen (secondary N) is 2. The third-order valence-corrected chi connectivity index (χ3v) is 9.04. The number of nitrogens with zero attached hydrogens (tertiary/aromatic N) is 1. The third kappa shape index (κ3) is 4.78. The zero-order chi connectivity index (χ0) is 18.7. The second-order valence-corrected chi connectivity index (χ2v) is 11.2. The summed E-state index contributed by atoms with van der Waals surface area (Å²) < 4.78 is 27.5. The molecule has 9 heteroatoms. The first-order chi connectivity index (χ1) is 12.4. The Kier molecular flexibility index (Phi) is 6.61. The van der Waals surface area contributed by atoms with Crippen molar-refractivity contribution in [2.75, 3.05) is 32.7 Å². The fourth-order valence-corrected chi connectivity index (χ4v) is 6.88. The molecule has 1 amide bonds. The normalized spacial score (nSPS) is 25.9. The van der Waals surface area contributed by atoms with Gasteiger partial charge in [0.2, 0.25) is 0 Å². The average Bonchev–Trinajstić information content (AvgIpc) is 3.05. The molecule has 0 spiro atoms. The van der Waals surface area contributed by atoms with E-state index >= 15 is 0 Å². The lowest BCUT2D eigenvalue weighted by molar-refractivity contribution is -0.895. The Morgan fingerprint density at radius 1 is 1.31 bits per heavy atom. The van der Waals surface area contributed by atoms with E-state index in [4.69, 9.17) is 11.6 Å². The highest BCUT2D eigenvalue weighted by Gasteiger charge is 2.32. The van der Waals surface area contributed by atoms with Gasteiger partial charge in [0.1, 0.15) is 4.21 Å². The number of halogens is 1. The Morgan fingerprint density at radius 3 is 2.62 bits per heavy atom. The number of sulfonamides is 1. The molecule has 1 saturated heterocycles. The van der Waals surface area contributed by atoms with E-state index in [1.165, 1.54) is 23.6 Å². The van der Waals surface area contributed by atoms with Crippen LogP contribution in [0.25, 0.3) is 0 Å². The van der Waals surface area contributed by atoms with Crippen LogP contribution >= 0.6 is 22.9 Å². The summed E-state index contributed by atoms with van der Waals surface area (Å²) in [6.45, 7) is 4.78. The van der Waals surface area contributed by atoms with Gasteiger partial charge in [0.15, 0.2) is 6.54 Å². The molecular formula is C17H27ClN3O3S2+. The van der Waals surface area contributed by atoms with Crippen LogP contribution < -0.4 is 10.2 Å². The average molecular weight is 421 g/mol. The third-order valence-electron chi connectivity index (χ3n) is 5.44. The van der Waals surface area contributed by atoms with Gasteiger partial charge in [-0.3, -0.25) is 4.79 Å². The molecule has 1 aliphatic heterocycles. The molecule has 0 aromatic carbocycles. The number of carbonyl (C=O) groups is 1. The maximum atomic E-state index is 12.6. The van der Waals surface area contributed by atoms with Gasteiger partial charge in [-0.05, 0) is 30.9 Å². The highest BCUT2D eigenvalue weighted by Crippen LogP contribution is 2.28. The molecule has 26 heavy (non-hydrogen) atoms. The van der Waals surface area contributed by atoms with Crippen LogP contribution in [-0.4, -0.2) is 57.4 Å². The Morgan fingerprint density at radius 2 is 2.00 bits per heavy atom. The maximum absolute atomic E-state index is 12.6. The topological polar surface area (TPSA) is 70.9 Å². The van der Waals surface area contributed by atoms with Crippen LogP contribution in [0.2, 0.25) is 4.34 Å². The summed E-state index contributed by atoms with van der Waals surface area (Å²) in [7, 11) is -3.47. The van der Waals surface area contributed by atoms with Crippen molar-refractivity contribution in [3.8, 4) is 0 Å². The van der Waals surface area contributed by atoms with Crippen molar-refractivity contribution in [3.63, 3.8) is 0 Å². The van der Waals surface area contributed by atoms with Crippen LogP contribution in [0, 0.1) is 5.92 Å². The van der Waals surface area contributed by atoms with Gasteiger partial charge in [-0.2, -0.15) is 4.31 Å². The summed E-state index contributed by atoms with van der Waals surface area (Å²) in [4.78, 5) is 13.5. The SMILES string of the molecule is C[C@@H]1CCCC[C@@H]1NC(=O)C[NH+]1CCN(S(=O)(=O)c2ccc(Cl)s2)CC1. The van der Waals surface area contributed by atoms with E-state index in [0.29, 0.717) is 49.0 Å². The Balaban J connectivity index is 1.48. The Hall–Kier alpha value is -0.670. The first-order valence-electron chi connectivity index (χ1n) is 9.24. The predicted molar refractivity (Wildman–Crippen MR) is 103 cm³/mol. The van der Waals surface area contributed by atoms with Crippen LogP contribution in [0.15, 0.2) is 16.3 Å². The lowest BCUT2D eigenvalue weighted by atomic mass is 9.86. The van der Waals surface area contributed by atoms with E-state index in [-0.39, 0.29) is 10.1 Å². The van der Waals surface area contributed by atoms with Crippen LogP contribution in [0.4, 0.5) is 0 Å². The summed E-state index contributed by atoms with van der Waals surface area (Å²) in [5, 5.41) is 3.18. The number of amides is 1. The number of carbonyl (C=O) groups excluding carboxylic acids is 1. The van der Waals surface area contributed by atoms with E-state index in [1.54, 1.807) is 12.1 Å². The molecule has 2 heterocycles. The number of hydrogen-bond acceptors (Lipinski definition) is 4.